The van der Waals surface area contributed by atoms with E-state index in [1.807, 2.05) is 31.5 Å². The Balaban J connectivity index is 1.42. The lowest BCUT2D eigenvalue weighted by Gasteiger charge is -2.28. The Hall–Kier alpha value is -2.14. The highest BCUT2D eigenvalue weighted by molar-refractivity contribution is 5.76. The number of nitrogens with zero attached hydrogens (tertiary/aromatic N) is 3. The maximum absolute atomic E-state index is 12.2. The van der Waals surface area contributed by atoms with Gasteiger partial charge in [-0.15, -0.1) is 0 Å². The summed E-state index contributed by atoms with van der Waals surface area (Å²) in [6.45, 7) is 9.69. The molecule has 1 aliphatic heterocycles. The van der Waals surface area contributed by atoms with Gasteiger partial charge in [-0.3, -0.25) is 14.4 Å². The van der Waals surface area contributed by atoms with E-state index in [4.69, 9.17) is 0 Å². The van der Waals surface area contributed by atoms with Crippen LogP contribution in [0.1, 0.15) is 41.9 Å². The summed E-state index contributed by atoms with van der Waals surface area (Å²) >= 11 is 0. The SMILES string of the molecule is Cc1cc(C)n([C@@H](C)CC(=O)NCCN2CCc3ccccc3C2)n1. The monoisotopic (exact) mass is 340 g/mol. The van der Waals surface area contributed by atoms with Crippen molar-refractivity contribution in [3.63, 3.8) is 0 Å². The predicted molar refractivity (Wildman–Crippen MR) is 99.5 cm³/mol. The second-order valence-corrected chi connectivity index (χ2v) is 7.07. The molecule has 25 heavy (non-hydrogen) atoms. The molecular formula is C20H28N4O. The first-order valence-corrected chi connectivity index (χ1v) is 9.11. The highest BCUT2D eigenvalue weighted by Crippen LogP contribution is 2.18. The number of fused-ring (bicyclic) bond motifs is 1. The minimum atomic E-state index is 0.0792. The summed E-state index contributed by atoms with van der Waals surface area (Å²) in [7, 11) is 0. The third-order valence-electron chi connectivity index (χ3n) is 4.90. The van der Waals surface area contributed by atoms with Crippen molar-refractivity contribution in [2.45, 2.75) is 46.2 Å². The van der Waals surface area contributed by atoms with Crippen LogP contribution in [-0.4, -0.2) is 40.2 Å². The van der Waals surface area contributed by atoms with Crippen LogP contribution in [0.4, 0.5) is 0 Å². The van der Waals surface area contributed by atoms with Gasteiger partial charge in [0.05, 0.1) is 11.7 Å². The molecule has 0 spiro atoms. The van der Waals surface area contributed by atoms with Crippen molar-refractivity contribution in [1.29, 1.82) is 0 Å². The number of amides is 1. The van der Waals surface area contributed by atoms with Crippen LogP contribution in [0, 0.1) is 13.8 Å². The number of aromatic nitrogens is 2. The van der Waals surface area contributed by atoms with Gasteiger partial charge in [0.2, 0.25) is 5.91 Å². The zero-order valence-corrected chi connectivity index (χ0v) is 15.5. The second-order valence-electron chi connectivity index (χ2n) is 7.07. The number of carbonyl (C=O) groups is 1. The molecule has 2 heterocycles. The number of benzene rings is 1. The number of hydrogen-bond acceptors (Lipinski definition) is 3. The molecule has 0 radical (unpaired) electrons. The van der Waals surface area contributed by atoms with Crippen LogP contribution in [-0.2, 0) is 17.8 Å². The van der Waals surface area contributed by atoms with E-state index in [0.717, 1.165) is 37.4 Å². The normalized spacial score (nSPS) is 15.6. The Kier molecular flexibility index (Phi) is 5.53. The summed E-state index contributed by atoms with van der Waals surface area (Å²) in [6, 6.07) is 10.8. The summed E-state index contributed by atoms with van der Waals surface area (Å²) in [6.07, 6.45) is 1.56. The lowest BCUT2D eigenvalue weighted by molar-refractivity contribution is -0.121. The molecule has 0 fully saturated rings. The standard InChI is InChI=1S/C20H28N4O/c1-15-12-16(2)24(22-15)17(3)13-20(25)21-9-11-23-10-8-18-6-4-5-7-19(18)14-23/h4-7,12,17H,8-11,13-14H2,1-3H3,(H,21,25)/t17-/m0/s1. The minimum Gasteiger partial charge on any atom is -0.355 e. The van der Waals surface area contributed by atoms with Crippen LogP contribution in [0.3, 0.4) is 0 Å². The summed E-state index contributed by atoms with van der Waals surface area (Å²) < 4.78 is 1.94. The van der Waals surface area contributed by atoms with Crippen molar-refractivity contribution in [3.8, 4) is 0 Å². The Morgan fingerprint density at radius 2 is 2.04 bits per heavy atom. The minimum absolute atomic E-state index is 0.0792. The van der Waals surface area contributed by atoms with Crippen LogP contribution < -0.4 is 5.32 Å². The van der Waals surface area contributed by atoms with Gasteiger partial charge in [0, 0.05) is 38.3 Å². The predicted octanol–water partition coefficient (Wildman–Crippen LogP) is 2.63. The summed E-state index contributed by atoms with van der Waals surface area (Å²) in [5, 5.41) is 7.53. The maximum atomic E-state index is 12.2. The van der Waals surface area contributed by atoms with Gasteiger partial charge in [0.25, 0.3) is 0 Å². The van der Waals surface area contributed by atoms with Crippen LogP contribution in [0.5, 0.6) is 0 Å². The molecular weight excluding hydrogens is 312 g/mol. The number of hydrogen-bond donors (Lipinski definition) is 1. The van der Waals surface area contributed by atoms with Crippen molar-refractivity contribution >= 4 is 5.91 Å². The molecule has 1 aliphatic rings. The van der Waals surface area contributed by atoms with E-state index in [1.165, 1.54) is 11.1 Å². The molecule has 0 bridgehead atoms. The molecule has 2 aromatic rings. The van der Waals surface area contributed by atoms with Crippen molar-refractivity contribution in [3.05, 3.63) is 52.8 Å². The van der Waals surface area contributed by atoms with E-state index in [0.29, 0.717) is 13.0 Å². The molecule has 3 rings (SSSR count). The van der Waals surface area contributed by atoms with Gasteiger partial charge in [0.1, 0.15) is 0 Å². The summed E-state index contributed by atoms with van der Waals surface area (Å²) in [4.78, 5) is 14.6. The topological polar surface area (TPSA) is 50.2 Å². The summed E-state index contributed by atoms with van der Waals surface area (Å²) in [5.74, 6) is 0.0949. The van der Waals surface area contributed by atoms with Crippen LogP contribution in [0.15, 0.2) is 30.3 Å². The molecule has 0 unspecified atom stereocenters. The van der Waals surface area contributed by atoms with Gasteiger partial charge < -0.3 is 5.32 Å². The fourth-order valence-corrected chi connectivity index (χ4v) is 3.62. The van der Waals surface area contributed by atoms with Gasteiger partial charge in [-0.05, 0) is 44.4 Å². The average molecular weight is 340 g/mol. The molecule has 0 aliphatic carbocycles. The second kappa shape index (κ2) is 7.83. The fraction of sp³-hybridized carbons (Fsp3) is 0.500. The van der Waals surface area contributed by atoms with Crippen LogP contribution >= 0.6 is 0 Å². The quantitative estimate of drug-likeness (QED) is 0.879. The van der Waals surface area contributed by atoms with E-state index in [2.05, 4.69) is 39.6 Å². The molecule has 0 saturated carbocycles. The molecule has 0 saturated heterocycles. The number of aryl methyl sites for hydroxylation is 2. The molecule has 134 valence electrons. The molecule has 5 nitrogen and oxygen atoms in total. The Bertz CT molecular complexity index is 737. The molecule has 1 aromatic heterocycles. The van der Waals surface area contributed by atoms with E-state index >= 15 is 0 Å². The van der Waals surface area contributed by atoms with Gasteiger partial charge >= 0.3 is 0 Å². The first-order valence-electron chi connectivity index (χ1n) is 9.11. The van der Waals surface area contributed by atoms with Gasteiger partial charge in [0.15, 0.2) is 0 Å². The summed E-state index contributed by atoms with van der Waals surface area (Å²) in [5.41, 5.74) is 4.97. The third-order valence-corrected chi connectivity index (χ3v) is 4.90. The average Bonchev–Trinajstić information content (AvgIpc) is 2.93. The van der Waals surface area contributed by atoms with Gasteiger partial charge in [-0.2, -0.15) is 5.10 Å². The smallest absolute Gasteiger partial charge is 0.222 e. The van der Waals surface area contributed by atoms with Gasteiger partial charge in [-0.25, -0.2) is 0 Å². The lowest BCUT2D eigenvalue weighted by atomic mass is 10.00. The maximum Gasteiger partial charge on any atom is 0.222 e. The molecule has 1 amide bonds. The zero-order valence-electron chi connectivity index (χ0n) is 15.5. The molecule has 5 heteroatoms. The largest absolute Gasteiger partial charge is 0.355 e. The van der Waals surface area contributed by atoms with Crippen LogP contribution in [0.25, 0.3) is 0 Å². The molecule has 1 atom stereocenters. The first-order chi connectivity index (χ1) is 12.0. The number of rotatable bonds is 6. The Morgan fingerprint density at radius 3 is 2.76 bits per heavy atom. The molecule has 1 aromatic carbocycles. The van der Waals surface area contributed by atoms with E-state index in [-0.39, 0.29) is 11.9 Å². The van der Waals surface area contributed by atoms with E-state index in [9.17, 15) is 4.79 Å². The van der Waals surface area contributed by atoms with Crippen molar-refractivity contribution < 1.29 is 4.79 Å². The lowest BCUT2D eigenvalue weighted by Crippen LogP contribution is -2.38. The Labute approximate surface area is 150 Å². The third kappa shape index (κ3) is 4.48. The molecule has 1 N–H and O–H groups in total. The number of carbonyl (C=O) groups excluding carboxylic acids is 1. The van der Waals surface area contributed by atoms with E-state index < -0.39 is 0 Å². The van der Waals surface area contributed by atoms with Gasteiger partial charge in [-0.1, -0.05) is 24.3 Å². The Morgan fingerprint density at radius 1 is 1.28 bits per heavy atom. The first kappa shape index (κ1) is 17.7. The zero-order chi connectivity index (χ0) is 17.8. The van der Waals surface area contributed by atoms with Crippen molar-refractivity contribution in [2.24, 2.45) is 0 Å². The van der Waals surface area contributed by atoms with Crippen LogP contribution in [0.2, 0.25) is 0 Å². The number of nitrogens with one attached hydrogen (secondary N) is 1. The van der Waals surface area contributed by atoms with Crippen molar-refractivity contribution in [2.75, 3.05) is 19.6 Å². The van der Waals surface area contributed by atoms with Crippen molar-refractivity contribution in [1.82, 2.24) is 20.0 Å². The fourth-order valence-electron chi connectivity index (χ4n) is 3.62. The highest BCUT2D eigenvalue weighted by atomic mass is 16.1. The highest BCUT2D eigenvalue weighted by Gasteiger charge is 2.16. The van der Waals surface area contributed by atoms with E-state index in [1.54, 1.807) is 0 Å².